The number of rotatable bonds is 12. The van der Waals surface area contributed by atoms with E-state index in [-0.39, 0.29) is 5.43 Å². The molecule has 5 heteroatoms. The van der Waals surface area contributed by atoms with Crippen LogP contribution in [-0.2, 0) is 14.8 Å². The van der Waals surface area contributed by atoms with Gasteiger partial charge in [-0.25, -0.2) is 0 Å². The smallest absolute Gasteiger partial charge is 0.269 e. The van der Waals surface area contributed by atoms with Gasteiger partial charge in [0.05, 0.1) is 12.0 Å². The zero-order valence-corrected chi connectivity index (χ0v) is 19.0. The molecule has 0 aliphatic carbocycles. The summed E-state index contributed by atoms with van der Waals surface area (Å²) in [6.45, 7) is 2.91. The molecule has 2 heterocycles. The second-order valence-corrected chi connectivity index (χ2v) is 10.2. The fourth-order valence-corrected chi connectivity index (χ4v) is 5.44. The van der Waals surface area contributed by atoms with Crippen LogP contribution in [-0.4, -0.2) is 12.4 Å². The molecule has 0 saturated carbocycles. The van der Waals surface area contributed by atoms with Gasteiger partial charge in [-0.2, -0.15) is 0 Å². The Morgan fingerprint density at radius 1 is 1.00 bits per heavy atom. The summed E-state index contributed by atoms with van der Waals surface area (Å²) in [7, 11) is 5.80. The predicted octanol–water partition coefficient (Wildman–Crippen LogP) is 7.22. The fraction of sp³-hybridized carbons (Fsp3) is 0.542. The van der Waals surface area contributed by atoms with Crippen molar-refractivity contribution >= 4 is 37.5 Å². The Labute approximate surface area is 181 Å². The van der Waals surface area contributed by atoms with Gasteiger partial charge in [-0.15, -0.1) is 0 Å². The van der Waals surface area contributed by atoms with E-state index < -0.39 is 10.1 Å². The number of hydrogen-bond acceptors (Lipinski definition) is 3. The average molecular weight is 436 g/mol. The second-order valence-electron chi connectivity index (χ2n) is 7.68. The molecule has 0 radical (unpaired) electrons. The average Bonchev–Trinajstić information content (AvgIpc) is 2.73. The normalized spacial score (nSPS) is 15.9. The summed E-state index contributed by atoms with van der Waals surface area (Å²) in [5, 5.41) is 0.584. The summed E-state index contributed by atoms with van der Waals surface area (Å²) < 4.78 is 12.0. The van der Waals surface area contributed by atoms with Gasteiger partial charge in [0.25, 0.3) is 4.90 Å². The molecule has 158 valence electrons. The van der Waals surface area contributed by atoms with Crippen LogP contribution in [0.4, 0.5) is 0 Å². The van der Waals surface area contributed by atoms with Crippen LogP contribution < -0.4 is 5.43 Å². The van der Waals surface area contributed by atoms with Crippen molar-refractivity contribution in [2.45, 2.75) is 76.0 Å². The van der Waals surface area contributed by atoms with Crippen LogP contribution in [0.5, 0.6) is 0 Å². The van der Waals surface area contributed by atoms with Crippen molar-refractivity contribution in [3.05, 3.63) is 46.3 Å². The summed E-state index contributed by atoms with van der Waals surface area (Å²) in [5.74, 6) is 1.80. The minimum absolute atomic E-state index is 0.0340. The maximum Gasteiger partial charge on any atom is 0.269 e. The molecule has 0 N–H and O–H groups in total. The molecule has 1 atom stereocenters. The van der Waals surface area contributed by atoms with Crippen molar-refractivity contribution in [2.75, 3.05) is 12.4 Å². The summed E-state index contributed by atoms with van der Waals surface area (Å²) >= 11 is 0. The van der Waals surface area contributed by atoms with E-state index in [1.165, 1.54) is 57.8 Å². The Balaban J connectivity index is 1.47. The number of halogens is 1. The Kier molecular flexibility index (Phi) is 9.00. The number of fused-ring (bicyclic) bond motifs is 2. The lowest BCUT2D eigenvalue weighted by molar-refractivity contribution is 0.256. The van der Waals surface area contributed by atoms with Crippen molar-refractivity contribution in [2.24, 2.45) is 0 Å². The molecule has 0 amide bonds. The summed E-state index contributed by atoms with van der Waals surface area (Å²) in [6.07, 6.45) is 14.9. The van der Waals surface area contributed by atoms with E-state index in [1.54, 1.807) is 6.07 Å². The molecule has 1 aliphatic heterocycles. The van der Waals surface area contributed by atoms with Crippen LogP contribution in [0.25, 0.3) is 16.7 Å². The molecular weight excluding hydrogens is 404 g/mol. The Bertz CT molecular complexity index is 874. The quantitative estimate of drug-likeness (QED) is 0.261. The summed E-state index contributed by atoms with van der Waals surface area (Å²) in [4.78, 5) is 13.4. The highest BCUT2D eigenvalue weighted by atomic mass is 35.7. The molecule has 0 fully saturated rings. The maximum absolute atomic E-state index is 12.9. The number of unbranched alkanes of at least 4 members (excludes halogenated alkanes) is 9. The van der Waals surface area contributed by atoms with E-state index in [9.17, 15) is 4.79 Å². The first-order valence-electron chi connectivity index (χ1n) is 11.0. The lowest BCUT2D eigenvalue weighted by Gasteiger charge is -2.15. The first kappa shape index (κ1) is 22.3. The molecule has 0 bridgehead atoms. The van der Waals surface area contributed by atoms with Crippen molar-refractivity contribution < 1.29 is 9.15 Å². The highest BCUT2D eigenvalue weighted by Crippen LogP contribution is 2.33. The fourth-order valence-electron chi connectivity index (χ4n) is 3.71. The van der Waals surface area contributed by atoms with E-state index >= 15 is 0 Å². The molecule has 1 unspecified atom stereocenters. The largest absolute Gasteiger partial charge is 0.490 e. The van der Waals surface area contributed by atoms with Gasteiger partial charge in [0, 0.05) is 6.08 Å². The third-order valence-corrected chi connectivity index (χ3v) is 7.49. The number of benzene rings is 1. The molecule has 2 aromatic rings. The van der Waals surface area contributed by atoms with Gasteiger partial charge >= 0.3 is 0 Å². The van der Waals surface area contributed by atoms with Gasteiger partial charge in [0.1, 0.15) is 5.58 Å². The zero-order chi connectivity index (χ0) is 20.5. The van der Waals surface area contributed by atoms with Crippen LogP contribution in [0.2, 0.25) is 0 Å². The van der Waals surface area contributed by atoms with Gasteiger partial charge in [-0.1, -0.05) is 76.8 Å². The molecule has 1 aliphatic rings. The number of para-hydroxylation sites is 1. The van der Waals surface area contributed by atoms with Gasteiger partial charge in [-0.3, -0.25) is 4.79 Å². The minimum atomic E-state index is -0.660. The molecule has 29 heavy (non-hydrogen) atoms. The molecule has 3 rings (SSSR count). The molecular formula is C24H32ClO3S+. The maximum atomic E-state index is 12.9. The van der Waals surface area contributed by atoms with Gasteiger partial charge in [0.15, 0.2) is 32.3 Å². The summed E-state index contributed by atoms with van der Waals surface area (Å²) in [6, 6.07) is 7.32. The molecule has 0 saturated heterocycles. The lowest BCUT2D eigenvalue weighted by Crippen LogP contribution is -2.20. The van der Waals surface area contributed by atoms with E-state index in [2.05, 4.69) is 6.92 Å². The third-order valence-electron chi connectivity index (χ3n) is 5.37. The van der Waals surface area contributed by atoms with Crippen molar-refractivity contribution in [1.82, 2.24) is 0 Å². The predicted molar refractivity (Wildman–Crippen MR) is 125 cm³/mol. The van der Waals surface area contributed by atoms with Crippen molar-refractivity contribution in [1.29, 1.82) is 0 Å². The monoisotopic (exact) mass is 435 g/mol. The van der Waals surface area contributed by atoms with Crippen molar-refractivity contribution in [3.8, 4) is 0 Å². The second kappa shape index (κ2) is 11.7. The van der Waals surface area contributed by atoms with E-state index in [0.717, 1.165) is 6.42 Å². The molecule has 1 aromatic heterocycles. The van der Waals surface area contributed by atoms with Crippen LogP contribution in [0, 0.1) is 0 Å². The number of hydrogen-bond donors (Lipinski definition) is 0. The highest BCUT2D eigenvalue weighted by molar-refractivity contribution is 8.18. The Morgan fingerprint density at radius 3 is 2.38 bits per heavy atom. The first-order chi connectivity index (χ1) is 14.2. The third kappa shape index (κ3) is 6.05. The van der Waals surface area contributed by atoms with Crippen molar-refractivity contribution in [3.63, 3.8) is 0 Å². The van der Waals surface area contributed by atoms with Crippen LogP contribution in [0.3, 0.4) is 0 Å². The standard InChI is InChI=1S/C24H32ClO3S/c1-2-3-4-5-6-7-8-9-10-13-17-27-21-16-18-29(25)24-22(26)19-14-11-12-15-20(19)28-23(21)24/h11-12,14-16H,2-10,13,17-18H2,1H3/q+1. The highest BCUT2D eigenvalue weighted by Gasteiger charge is 2.37. The molecule has 1 aromatic carbocycles. The lowest BCUT2D eigenvalue weighted by atomic mass is 10.1. The summed E-state index contributed by atoms with van der Waals surface area (Å²) in [5.41, 5.74) is 0.550. The first-order valence-corrected chi connectivity index (χ1v) is 13.2. The minimum Gasteiger partial charge on any atom is -0.490 e. The SMILES string of the molecule is CCCCCCCCCCCCOC1=CC[S+](Cl)c2c1oc1ccccc1c2=O. The Morgan fingerprint density at radius 2 is 1.66 bits per heavy atom. The molecule has 0 spiro atoms. The topological polar surface area (TPSA) is 39.4 Å². The Hall–Kier alpha value is -1.39. The van der Waals surface area contributed by atoms with Gasteiger partial charge < -0.3 is 9.15 Å². The van der Waals surface area contributed by atoms with Crippen LogP contribution in [0.15, 0.2) is 44.4 Å². The van der Waals surface area contributed by atoms with E-state index in [4.69, 9.17) is 19.8 Å². The zero-order valence-electron chi connectivity index (χ0n) is 17.4. The van der Waals surface area contributed by atoms with Crippen LogP contribution >= 0.6 is 10.7 Å². The van der Waals surface area contributed by atoms with Gasteiger partial charge in [0.2, 0.25) is 11.2 Å². The number of ether oxygens (including phenoxy) is 1. The molecule has 3 nitrogen and oxygen atoms in total. The van der Waals surface area contributed by atoms with Crippen LogP contribution in [0.1, 0.15) is 76.9 Å². The van der Waals surface area contributed by atoms with Gasteiger partial charge in [-0.05, 0) is 18.6 Å². The van der Waals surface area contributed by atoms with E-state index in [0.29, 0.717) is 39.7 Å². The van der Waals surface area contributed by atoms with E-state index in [1.807, 2.05) is 24.3 Å².